The van der Waals surface area contributed by atoms with Crippen molar-refractivity contribution in [2.45, 2.75) is 26.4 Å². The lowest BCUT2D eigenvalue weighted by Gasteiger charge is -2.15. The molecule has 8 heteroatoms. The number of hydrogen-bond donors (Lipinski definition) is 0. The van der Waals surface area contributed by atoms with Crippen LogP contribution in [0.3, 0.4) is 0 Å². The highest BCUT2D eigenvalue weighted by atomic mass is 32.2. The minimum atomic E-state index is -3.77. The van der Waals surface area contributed by atoms with Gasteiger partial charge in [-0.25, -0.2) is 4.79 Å². The molecule has 1 aromatic carbocycles. The van der Waals surface area contributed by atoms with Gasteiger partial charge in [0.05, 0.1) is 19.5 Å². The molecule has 0 heterocycles. The van der Waals surface area contributed by atoms with Crippen molar-refractivity contribution >= 4 is 16.1 Å². The molecule has 1 unspecified atom stereocenters. The molecule has 0 fully saturated rings. The van der Waals surface area contributed by atoms with Gasteiger partial charge >= 0.3 is 5.97 Å². The van der Waals surface area contributed by atoms with E-state index < -0.39 is 22.2 Å². The molecule has 0 amide bonds. The van der Waals surface area contributed by atoms with Gasteiger partial charge in [-0.3, -0.25) is 4.18 Å². The van der Waals surface area contributed by atoms with Crippen LogP contribution in [0.1, 0.15) is 19.4 Å². The molecule has 0 N–H and O–H groups in total. The van der Waals surface area contributed by atoms with Crippen LogP contribution < -0.4 is 4.74 Å². The lowest BCUT2D eigenvalue weighted by molar-refractivity contribution is -0.151. The predicted octanol–water partition coefficient (Wildman–Crippen LogP) is 1.55. The van der Waals surface area contributed by atoms with Crippen LogP contribution in [-0.2, 0) is 35.0 Å². The highest BCUT2D eigenvalue weighted by molar-refractivity contribution is 7.86. The van der Waals surface area contributed by atoms with Crippen LogP contribution in [0.25, 0.3) is 0 Å². The van der Waals surface area contributed by atoms with Gasteiger partial charge in [-0.1, -0.05) is 12.1 Å². The van der Waals surface area contributed by atoms with E-state index in [0.717, 1.165) is 11.8 Å². The molecule has 0 aromatic heterocycles. The number of rotatable bonds is 11. The Bertz CT molecular complexity index is 595. The molecular weight excluding hydrogens is 336 g/mol. The van der Waals surface area contributed by atoms with Gasteiger partial charge in [0.2, 0.25) is 0 Å². The summed E-state index contributed by atoms with van der Waals surface area (Å²) in [6, 6.07) is 6.97. The average molecular weight is 360 g/mol. The van der Waals surface area contributed by atoms with E-state index in [1.807, 2.05) is 6.92 Å². The Morgan fingerprint density at radius 3 is 2.29 bits per heavy atom. The van der Waals surface area contributed by atoms with Crippen LogP contribution in [0, 0.1) is 0 Å². The van der Waals surface area contributed by atoms with E-state index in [0.29, 0.717) is 25.6 Å². The van der Waals surface area contributed by atoms with Crippen molar-refractivity contribution in [3.63, 3.8) is 0 Å². The zero-order valence-corrected chi connectivity index (χ0v) is 15.0. The van der Waals surface area contributed by atoms with Gasteiger partial charge in [0, 0.05) is 13.0 Å². The molecule has 136 valence electrons. The molecule has 1 aromatic rings. The van der Waals surface area contributed by atoms with Crippen molar-refractivity contribution in [2.24, 2.45) is 0 Å². The normalized spacial score (nSPS) is 12.6. The zero-order chi connectivity index (χ0) is 18.0. The number of carbonyl (C=O) groups excluding carboxylic acids is 1. The van der Waals surface area contributed by atoms with Gasteiger partial charge in [0.25, 0.3) is 10.1 Å². The maximum Gasteiger partial charge on any atom is 0.337 e. The van der Waals surface area contributed by atoms with Crippen molar-refractivity contribution in [3.8, 4) is 5.75 Å². The molecule has 7 nitrogen and oxygen atoms in total. The first-order valence-corrected chi connectivity index (χ1v) is 9.51. The van der Waals surface area contributed by atoms with Crippen LogP contribution in [0.5, 0.6) is 5.75 Å². The third-order valence-electron chi connectivity index (χ3n) is 2.89. The number of esters is 1. The van der Waals surface area contributed by atoms with Crippen molar-refractivity contribution in [1.82, 2.24) is 0 Å². The summed E-state index contributed by atoms with van der Waals surface area (Å²) in [6.07, 6.45) is -0.218. The third-order valence-corrected chi connectivity index (χ3v) is 3.47. The highest BCUT2D eigenvalue weighted by Crippen LogP contribution is 2.15. The summed E-state index contributed by atoms with van der Waals surface area (Å²) in [6.45, 7) is 5.28. The summed E-state index contributed by atoms with van der Waals surface area (Å²) in [5.41, 5.74) is 0.730. The Morgan fingerprint density at radius 2 is 1.75 bits per heavy atom. The monoisotopic (exact) mass is 360 g/mol. The fourth-order valence-electron chi connectivity index (χ4n) is 1.90. The molecule has 0 aliphatic heterocycles. The van der Waals surface area contributed by atoms with Crippen LogP contribution in [-0.4, -0.2) is 53.2 Å². The van der Waals surface area contributed by atoms with Crippen molar-refractivity contribution in [3.05, 3.63) is 29.8 Å². The summed E-state index contributed by atoms with van der Waals surface area (Å²) in [7, 11) is -3.77. The smallest absolute Gasteiger partial charge is 0.337 e. The summed E-state index contributed by atoms with van der Waals surface area (Å²) < 4.78 is 43.0. The first-order chi connectivity index (χ1) is 11.4. The van der Waals surface area contributed by atoms with Crippen LogP contribution >= 0.6 is 0 Å². The van der Waals surface area contributed by atoms with E-state index >= 15 is 0 Å². The number of carbonyl (C=O) groups is 1. The van der Waals surface area contributed by atoms with Crippen LogP contribution in [0.15, 0.2) is 24.3 Å². The van der Waals surface area contributed by atoms with Gasteiger partial charge in [-0.15, -0.1) is 0 Å². The zero-order valence-electron chi connectivity index (χ0n) is 14.2. The molecule has 0 bridgehead atoms. The fraction of sp³-hybridized carbons (Fsp3) is 0.562. The predicted molar refractivity (Wildman–Crippen MR) is 88.5 cm³/mol. The topological polar surface area (TPSA) is 88.1 Å². The SMILES string of the molecule is CCOCCOc1ccc(CC(OS(C)(=O)=O)C(=O)OCC)cc1. The molecule has 1 atom stereocenters. The maximum atomic E-state index is 11.8. The fourth-order valence-corrected chi connectivity index (χ4v) is 2.47. The lowest BCUT2D eigenvalue weighted by Crippen LogP contribution is -2.31. The van der Waals surface area contributed by atoms with Crippen LogP contribution in [0.4, 0.5) is 0 Å². The molecular formula is C16H24O7S. The Kier molecular flexibility index (Phi) is 8.73. The largest absolute Gasteiger partial charge is 0.491 e. The number of ether oxygens (including phenoxy) is 3. The van der Waals surface area contributed by atoms with E-state index in [1.54, 1.807) is 31.2 Å². The standard InChI is InChI=1S/C16H24O7S/c1-4-20-10-11-22-14-8-6-13(7-9-14)12-15(16(17)21-5-2)23-24(3,18)19/h6-9,15H,4-5,10-12H2,1-3H3. The Morgan fingerprint density at radius 1 is 1.08 bits per heavy atom. The minimum absolute atomic E-state index is 0.0884. The van der Waals surface area contributed by atoms with E-state index in [4.69, 9.17) is 18.4 Å². The number of hydrogen-bond acceptors (Lipinski definition) is 7. The van der Waals surface area contributed by atoms with Gasteiger partial charge in [-0.2, -0.15) is 8.42 Å². The van der Waals surface area contributed by atoms with Crippen molar-refractivity contribution < 1.29 is 31.6 Å². The second-order valence-corrected chi connectivity index (χ2v) is 6.54. The third kappa shape index (κ3) is 8.28. The molecule has 0 saturated carbocycles. The Hall–Kier alpha value is -1.64. The van der Waals surface area contributed by atoms with Gasteiger partial charge in [0.1, 0.15) is 12.4 Å². The quantitative estimate of drug-likeness (QED) is 0.336. The summed E-state index contributed by atoms with van der Waals surface area (Å²) in [4.78, 5) is 11.8. The number of benzene rings is 1. The van der Waals surface area contributed by atoms with E-state index in [-0.39, 0.29) is 13.0 Å². The molecule has 0 saturated heterocycles. The van der Waals surface area contributed by atoms with Gasteiger partial charge in [-0.05, 0) is 31.5 Å². The minimum Gasteiger partial charge on any atom is -0.491 e. The average Bonchev–Trinajstić information content (AvgIpc) is 2.51. The first kappa shape index (κ1) is 20.4. The van der Waals surface area contributed by atoms with Gasteiger partial charge in [0.15, 0.2) is 6.10 Å². The Labute approximate surface area is 143 Å². The second-order valence-electron chi connectivity index (χ2n) is 4.93. The maximum absolute atomic E-state index is 11.8. The Balaban J connectivity index is 2.67. The first-order valence-electron chi connectivity index (χ1n) is 7.70. The summed E-state index contributed by atoms with van der Waals surface area (Å²) in [5, 5.41) is 0. The molecule has 0 aliphatic carbocycles. The summed E-state index contributed by atoms with van der Waals surface area (Å²) >= 11 is 0. The van der Waals surface area contributed by atoms with E-state index in [2.05, 4.69) is 0 Å². The van der Waals surface area contributed by atoms with Crippen molar-refractivity contribution in [2.75, 3.05) is 32.7 Å². The lowest BCUT2D eigenvalue weighted by atomic mass is 10.1. The van der Waals surface area contributed by atoms with Gasteiger partial charge < -0.3 is 14.2 Å². The van der Waals surface area contributed by atoms with E-state index in [9.17, 15) is 13.2 Å². The molecule has 0 aliphatic rings. The second kappa shape index (κ2) is 10.3. The van der Waals surface area contributed by atoms with Crippen molar-refractivity contribution in [1.29, 1.82) is 0 Å². The molecule has 24 heavy (non-hydrogen) atoms. The summed E-state index contributed by atoms with van der Waals surface area (Å²) in [5.74, 6) is -0.0462. The molecule has 0 radical (unpaired) electrons. The van der Waals surface area contributed by atoms with Crippen LogP contribution in [0.2, 0.25) is 0 Å². The molecule has 1 rings (SSSR count). The highest BCUT2D eigenvalue weighted by Gasteiger charge is 2.25. The molecule has 0 spiro atoms. The van der Waals surface area contributed by atoms with E-state index in [1.165, 1.54) is 0 Å².